The standard InChI is InChI=1S/C6H18NO3PS/c1-5-12(6-2)11(8,9)10-7(3)4/h8-9H,5-6H2,1-4H3. The van der Waals surface area contributed by atoms with Gasteiger partial charge in [-0.25, -0.2) is 4.62 Å². The van der Waals surface area contributed by atoms with Gasteiger partial charge in [-0.15, -0.1) is 10.1 Å². The van der Waals surface area contributed by atoms with E-state index in [1.165, 1.54) is 5.06 Å². The van der Waals surface area contributed by atoms with Crippen molar-refractivity contribution in [3.05, 3.63) is 0 Å². The Bertz CT molecular complexity index is 183. The average Bonchev–Trinajstić information content (AvgIpc) is 1.85. The zero-order chi connectivity index (χ0) is 9.78. The van der Waals surface area contributed by atoms with Gasteiger partial charge in [0.25, 0.3) is 6.72 Å². The van der Waals surface area contributed by atoms with E-state index in [1.54, 1.807) is 14.1 Å². The number of rotatable bonds is 4. The van der Waals surface area contributed by atoms with E-state index in [9.17, 15) is 9.79 Å². The highest BCUT2D eigenvalue weighted by Crippen LogP contribution is 2.43. The van der Waals surface area contributed by atoms with Gasteiger partial charge in [0.15, 0.2) is 0 Å². The minimum atomic E-state index is -3.16. The third-order valence-corrected chi connectivity index (χ3v) is 7.58. The van der Waals surface area contributed by atoms with Crippen LogP contribution in [0.15, 0.2) is 0 Å². The Morgan fingerprint density at radius 3 is 1.92 bits per heavy atom. The van der Waals surface area contributed by atoms with Crippen LogP contribution in [-0.4, -0.2) is 40.5 Å². The summed E-state index contributed by atoms with van der Waals surface area (Å²) < 4.78 is 4.95. The lowest BCUT2D eigenvalue weighted by Gasteiger charge is -2.21. The second kappa shape index (κ2) is 5.37. The van der Waals surface area contributed by atoms with Crippen molar-refractivity contribution in [3.8, 4) is 0 Å². The molecule has 0 aliphatic heterocycles. The van der Waals surface area contributed by atoms with Crippen molar-refractivity contribution in [3.63, 3.8) is 0 Å². The molecule has 0 aromatic heterocycles. The van der Waals surface area contributed by atoms with Crippen LogP contribution in [0.25, 0.3) is 0 Å². The van der Waals surface area contributed by atoms with Crippen LogP contribution in [0.4, 0.5) is 0 Å². The summed E-state index contributed by atoms with van der Waals surface area (Å²) in [6.45, 7) is 0.720. The molecule has 0 unspecified atom stereocenters. The molecule has 0 rings (SSSR count). The van der Waals surface area contributed by atoms with Crippen LogP contribution in [0.2, 0.25) is 0 Å². The fraction of sp³-hybridized carbons (Fsp3) is 1.00. The summed E-state index contributed by atoms with van der Waals surface area (Å²) in [5.74, 6) is 1.51. The molecule has 0 saturated carbocycles. The maximum atomic E-state index is 9.56. The molecule has 0 heterocycles. The van der Waals surface area contributed by atoms with Crippen LogP contribution in [0.3, 0.4) is 0 Å². The fourth-order valence-electron chi connectivity index (χ4n) is 0.800. The zero-order valence-corrected chi connectivity index (χ0v) is 9.73. The van der Waals surface area contributed by atoms with Gasteiger partial charge in [-0.3, -0.25) is 0 Å². The monoisotopic (exact) mass is 215 g/mol. The van der Waals surface area contributed by atoms with Crippen molar-refractivity contribution in [1.29, 1.82) is 0 Å². The molecule has 0 aromatic carbocycles. The van der Waals surface area contributed by atoms with Gasteiger partial charge in [-0.2, -0.15) is 5.06 Å². The summed E-state index contributed by atoms with van der Waals surface area (Å²) in [4.78, 5) is 19.1. The maximum absolute atomic E-state index is 9.56. The van der Waals surface area contributed by atoms with Crippen molar-refractivity contribution in [2.45, 2.75) is 13.8 Å². The van der Waals surface area contributed by atoms with E-state index in [-0.39, 0.29) is 0 Å². The van der Waals surface area contributed by atoms with Crippen molar-refractivity contribution in [2.24, 2.45) is 0 Å². The van der Waals surface area contributed by atoms with Gasteiger partial charge in [-0.05, 0) is 11.5 Å². The average molecular weight is 215 g/mol. The van der Waals surface area contributed by atoms with Crippen molar-refractivity contribution in [2.75, 3.05) is 25.6 Å². The number of hydroxylamine groups is 2. The molecule has 0 amide bonds. The SMILES string of the molecule is CCS(CC)=P(O)(O)ON(C)C. The van der Waals surface area contributed by atoms with Crippen LogP contribution in [0.1, 0.15) is 13.8 Å². The van der Waals surface area contributed by atoms with Crippen molar-refractivity contribution < 1.29 is 14.4 Å². The summed E-state index contributed by atoms with van der Waals surface area (Å²) in [5, 5.41) is 1.35. The van der Waals surface area contributed by atoms with Gasteiger partial charge < -0.3 is 9.79 Å². The Labute approximate surface area is 76.3 Å². The Hall–Kier alpha value is 0.620. The molecule has 0 aliphatic carbocycles. The molecule has 0 atom stereocenters. The summed E-state index contributed by atoms with van der Waals surface area (Å²) in [6.07, 6.45) is 0. The number of nitrogens with zero attached hydrogens (tertiary/aromatic N) is 1. The molecule has 0 saturated heterocycles. The summed E-state index contributed by atoms with van der Waals surface area (Å²) >= 11 is 0. The smallest absolute Gasteiger partial charge is 0.296 e. The van der Waals surface area contributed by atoms with Crippen LogP contribution >= 0.6 is 6.72 Å². The lowest BCUT2D eigenvalue weighted by molar-refractivity contribution is -0.0172. The normalized spacial score (nSPS) is 13.0. The molecule has 0 fully saturated rings. The molecule has 6 heteroatoms. The Morgan fingerprint density at radius 1 is 1.25 bits per heavy atom. The van der Waals surface area contributed by atoms with E-state index in [0.29, 0.717) is 0 Å². The number of hydrogen-bond acceptors (Lipinski definition) is 2. The minimum absolute atomic E-state index is 0.411. The lowest BCUT2D eigenvalue weighted by atomic mass is 11.0. The highest BCUT2D eigenvalue weighted by atomic mass is 32.5. The first-order chi connectivity index (χ1) is 5.44. The van der Waals surface area contributed by atoms with Gasteiger partial charge in [0.2, 0.25) is 0 Å². The molecule has 0 radical (unpaired) electrons. The predicted octanol–water partition coefficient (Wildman–Crippen LogP) is 0.800. The minimum Gasteiger partial charge on any atom is -0.327 e. The molecule has 12 heavy (non-hydrogen) atoms. The molecule has 76 valence electrons. The third-order valence-electron chi connectivity index (χ3n) is 1.27. The van der Waals surface area contributed by atoms with E-state index in [4.69, 9.17) is 4.62 Å². The molecule has 0 bridgehead atoms. The Kier molecular flexibility index (Phi) is 5.65. The van der Waals surface area contributed by atoms with Crippen molar-refractivity contribution in [1.82, 2.24) is 5.06 Å². The van der Waals surface area contributed by atoms with Gasteiger partial charge in [-0.1, -0.05) is 13.8 Å². The Balaban J connectivity index is 4.62. The highest BCUT2D eigenvalue weighted by Gasteiger charge is 2.16. The first-order valence-corrected chi connectivity index (χ1v) is 7.61. The van der Waals surface area contributed by atoms with Crippen LogP contribution in [0, 0.1) is 0 Å². The van der Waals surface area contributed by atoms with Crippen LogP contribution < -0.4 is 0 Å². The van der Waals surface area contributed by atoms with Gasteiger partial charge in [0.1, 0.15) is 0 Å². The molecular weight excluding hydrogens is 197 g/mol. The molecular formula is C6H18NO3PS. The molecule has 0 spiro atoms. The molecule has 2 N–H and O–H groups in total. The first-order valence-electron chi connectivity index (χ1n) is 3.83. The molecule has 0 aliphatic rings. The Morgan fingerprint density at radius 2 is 1.67 bits per heavy atom. The van der Waals surface area contributed by atoms with E-state index in [2.05, 4.69) is 0 Å². The highest BCUT2D eigenvalue weighted by molar-refractivity contribution is 8.27. The lowest BCUT2D eigenvalue weighted by Crippen LogP contribution is -2.13. The van der Waals surface area contributed by atoms with Gasteiger partial charge in [0, 0.05) is 14.1 Å². The summed E-state index contributed by atoms with van der Waals surface area (Å²) in [6, 6.07) is 0. The van der Waals surface area contributed by atoms with E-state index in [1.807, 2.05) is 13.8 Å². The summed E-state index contributed by atoms with van der Waals surface area (Å²) in [7, 11) is 2.88. The van der Waals surface area contributed by atoms with Crippen LogP contribution in [0.5, 0.6) is 0 Å². The van der Waals surface area contributed by atoms with E-state index in [0.717, 1.165) is 11.5 Å². The van der Waals surface area contributed by atoms with Gasteiger partial charge in [0.05, 0.1) is 0 Å². The second-order valence-electron chi connectivity index (χ2n) is 2.42. The molecule has 4 nitrogen and oxygen atoms in total. The van der Waals surface area contributed by atoms with E-state index < -0.39 is 16.8 Å². The first kappa shape index (κ1) is 12.6. The van der Waals surface area contributed by atoms with Crippen molar-refractivity contribution >= 4 is 16.8 Å². The largest absolute Gasteiger partial charge is 0.327 e. The van der Waals surface area contributed by atoms with Crippen LogP contribution in [-0.2, 0) is 14.7 Å². The fourth-order valence-corrected chi connectivity index (χ4v) is 5.10. The summed E-state index contributed by atoms with van der Waals surface area (Å²) in [5.41, 5.74) is 0. The zero-order valence-electron chi connectivity index (χ0n) is 8.02. The number of hydrogen-bond donors (Lipinski definition) is 2. The maximum Gasteiger partial charge on any atom is 0.296 e. The third kappa shape index (κ3) is 4.03. The van der Waals surface area contributed by atoms with E-state index >= 15 is 0 Å². The quantitative estimate of drug-likeness (QED) is 0.538. The second-order valence-corrected chi connectivity index (χ2v) is 8.62. The predicted molar refractivity (Wildman–Crippen MR) is 54.6 cm³/mol. The van der Waals surface area contributed by atoms with Gasteiger partial charge >= 0.3 is 0 Å². The topological polar surface area (TPSA) is 52.9 Å². The molecule has 0 aromatic rings.